The van der Waals surface area contributed by atoms with E-state index in [0.717, 1.165) is 5.56 Å². The molecule has 0 aromatic heterocycles. The Labute approximate surface area is 83.0 Å². The van der Waals surface area contributed by atoms with Crippen LogP contribution < -0.4 is 0 Å². The van der Waals surface area contributed by atoms with Crippen molar-refractivity contribution in [2.45, 2.75) is 19.3 Å². The van der Waals surface area contributed by atoms with Gasteiger partial charge in [0.05, 0.1) is 6.61 Å². The Morgan fingerprint density at radius 2 is 2.00 bits per heavy atom. The van der Waals surface area contributed by atoms with E-state index in [4.69, 9.17) is 10.2 Å². The molecule has 0 spiro atoms. The summed E-state index contributed by atoms with van der Waals surface area (Å²) in [5, 5.41) is 18.2. The summed E-state index contributed by atoms with van der Waals surface area (Å²) in [7, 11) is 0. The van der Waals surface area contributed by atoms with Crippen LogP contribution in [0.5, 0.6) is 0 Å². The quantitative estimate of drug-likeness (QED) is 0.763. The zero-order valence-electron chi connectivity index (χ0n) is 8.32. The van der Waals surface area contributed by atoms with Crippen molar-refractivity contribution in [2.75, 3.05) is 6.61 Å². The standard InChI is InChI=1S/C11H14O3/c1-8-5-3-4-6-9(8)11(2,7-12)10(13)14/h3-6,12H,7H2,1-2H3,(H,13,14). The number of aliphatic hydroxyl groups is 1. The number of carboxylic acids is 1. The number of aliphatic carboxylic acids is 1. The number of aliphatic hydroxyl groups excluding tert-OH is 1. The lowest BCUT2D eigenvalue weighted by Crippen LogP contribution is -2.36. The van der Waals surface area contributed by atoms with Crippen molar-refractivity contribution < 1.29 is 15.0 Å². The van der Waals surface area contributed by atoms with E-state index in [1.54, 1.807) is 12.1 Å². The molecule has 0 fully saturated rings. The van der Waals surface area contributed by atoms with E-state index in [0.29, 0.717) is 5.56 Å². The number of carboxylic acid groups (broad SMARTS) is 1. The van der Waals surface area contributed by atoms with E-state index in [-0.39, 0.29) is 0 Å². The summed E-state index contributed by atoms with van der Waals surface area (Å²) in [5.41, 5.74) is 0.340. The second-order valence-corrected chi connectivity index (χ2v) is 3.61. The Morgan fingerprint density at radius 3 is 2.43 bits per heavy atom. The zero-order valence-corrected chi connectivity index (χ0v) is 8.32. The summed E-state index contributed by atoms with van der Waals surface area (Å²) in [6, 6.07) is 7.20. The molecule has 1 aromatic rings. The van der Waals surface area contributed by atoms with Gasteiger partial charge in [0.15, 0.2) is 0 Å². The first-order valence-electron chi connectivity index (χ1n) is 4.42. The molecule has 0 radical (unpaired) electrons. The summed E-state index contributed by atoms with van der Waals surface area (Å²) >= 11 is 0. The van der Waals surface area contributed by atoms with Crippen LogP contribution in [0.1, 0.15) is 18.1 Å². The Kier molecular flexibility index (Phi) is 2.91. The molecule has 0 amide bonds. The summed E-state index contributed by atoms with van der Waals surface area (Å²) in [4.78, 5) is 11.0. The van der Waals surface area contributed by atoms with Gasteiger partial charge in [0.1, 0.15) is 5.41 Å². The van der Waals surface area contributed by atoms with Crippen LogP contribution in [0.4, 0.5) is 0 Å². The molecule has 76 valence electrons. The van der Waals surface area contributed by atoms with Crippen LogP contribution in [-0.4, -0.2) is 22.8 Å². The minimum atomic E-state index is -1.20. The largest absolute Gasteiger partial charge is 0.481 e. The van der Waals surface area contributed by atoms with Crippen LogP contribution in [0.15, 0.2) is 24.3 Å². The maximum atomic E-state index is 11.0. The van der Waals surface area contributed by atoms with Crippen LogP contribution >= 0.6 is 0 Å². The van der Waals surface area contributed by atoms with Gasteiger partial charge < -0.3 is 10.2 Å². The van der Waals surface area contributed by atoms with E-state index in [1.165, 1.54) is 6.92 Å². The van der Waals surface area contributed by atoms with Crippen LogP contribution in [-0.2, 0) is 10.2 Å². The molecule has 0 bridgehead atoms. The lowest BCUT2D eigenvalue weighted by molar-refractivity contribution is -0.144. The Hall–Kier alpha value is -1.35. The second kappa shape index (κ2) is 3.80. The molecular weight excluding hydrogens is 180 g/mol. The number of hydrogen-bond acceptors (Lipinski definition) is 2. The summed E-state index contributed by atoms with van der Waals surface area (Å²) in [6.07, 6.45) is 0. The molecular formula is C11H14O3. The molecule has 3 nitrogen and oxygen atoms in total. The highest BCUT2D eigenvalue weighted by Crippen LogP contribution is 2.26. The number of benzene rings is 1. The van der Waals surface area contributed by atoms with E-state index >= 15 is 0 Å². The fraction of sp³-hybridized carbons (Fsp3) is 0.364. The van der Waals surface area contributed by atoms with E-state index < -0.39 is 18.0 Å². The van der Waals surface area contributed by atoms with Crippen molar-refractivity contribution in [3.05, 3.63) is 35.4 Å². The first-order chi connectivity index (χ1) is 6.52. The molecule has 0 saturated carbocycles. The first kappa shape index (κ1) is 10.7. The molecule has 1 unspecified atom stereocenters. The Morgan fingerprint density at radius 1 is 1.43 bits per heavy atom. The van der Waals surface area contributed by atoms with E-state index in [2.05, 4.69) is 0 Å². The highest BCUT2D eigenvalue weighted by molar-refractivity contribution is 5.81. The van der Waals surface area contributed by atoms with Gasteiger partial charge in [0.2, 0.25) is 0 Å². The third-order valence-electron chi connectivity index (χ3n) is 2.53. The lowest BCUT2D eigenvalue weighted by atomic mass is 9.81. The van der Waals surface area contributed by atoms with Gasteiger partial charge in [-0.3, -0.25) is 4.79 Å². The van der Waals surface area contributed by atoms with Gasteiger partial charge in [-0.05, 0) is 25.0 Å². The van der Waals surface area contributed by atoms with Gasteiger partial charge >= 0.3 is 5.97 Å². The van der Waals surface area contributed by atoms with Crippen LogP contribution in [0.2, 0.25) is 0 Å². The van der Waals surface area contributed by atoms with E-state index in [9.17, 15) is 4.79 Å². The van der Waals surface area contributed by atoms with Gasteiger partial charge in [-0.1, -0.05) is 24.3 Å². The van der Waals surface area contributed by atoms with Crippen LogP contribution in [0.25, 0.3) is 0 Å². The lowest BCUT2D eigenvalue weighted by Gasteiger charge is -2.24. The van der Waals surface area contributed by atoms with Crippen molar-refractivity contribution in [1.29, 1.82) is 0 Å². The van der Waals surface area contributed by atoms with Crippen molar-refractivity contribution in [3.8, 4) is 0 Å². The Balaban J connectivity index is 3.26. The second-order valence-electron chi connectivity index (χ2n) is 3.61. The molecule has 0 saturated heterocycles. The van der Waals surface area contributed by atoms with Gasteiger partial charge in [-0.15, -0.1) is 0 Å². The topological polar surface area (TPSA) is 57.5 Å². The summed E-state index contributed by atoms with van der Waals surface area (Å²) in [6.45, 7) is 2.97. The molecule has 0 aliphatic carbocycles. The third-order valence-corrected chi connectivity index (χ3v) is 2.53. The molecule has 1 aromatic carbocycles. The molecule has 2 N–H and O–H groups in total. The molecule has 1 atom stereocenters. The summed E-state index contributed by atoms with van der Waals surface area (Å²) in [5.74, 6) is -1.01. The smallest absolute Gasteiger partial charge is 0.316 e. The molecule has 0 aliphatic heterocycles. The third kappa shape index (κ3) is 1.63. The van der Waals surface area contributed by atoms with Crippen molar-refractivity contribution in [3.63, 3.8) is 0 Å². The van der Waals surface area contributed by atoms with Gasteiger partial charge in [-0.25, -0.2) is 0 Å². The Bertz CT molecular complexity index is 346. The molecule has 14 heavy (non-hydrogen) atoms. The average Bonchev–Trinajstić information content (AvgIpc) is 2.17. The maximum absolute atomic E-state index is 11.0. The molecule has 0 aliphatic rings. The fourth-order valence-corrected chi connectivity index (χ4v) is 1.46. The minimum Gasteiger partial charge on any atom is -0.481 e. The number of aryl methyl sites for hydroxylation is 1. The van der Waals surface area contributed by atoms with Gasteiger partial charge in [0, 0.05) is 0 Å². The molecule has 3 heteroatoms. The van der Waals surface area contributed by atoms with Crippen molar-refractivity contribution in [1.82, 2.24) is 0 Å². The summed E-state index contributed by atoms with van der Waals surface area (Å²) < 4.78 is 0. The van der Waals surface area contributed by atoms with E-state index in [1.807, 2.05) is 19.1 Å². The highest BCUT2D eigenvalue weighted by Gasteiger charge is 2.35. The SMILES string of the molecule is Cc1ccccc1C(C)(CO)C(=O)O. The number of hydrogen-bond donors (Lipinski definition) is 2. The number of carbonyl (C=O) groups is 1. The van der Waals surface area contributed by atoms with Crippen molar-refractivity contribution in [2.24, 2.45) is 0 Å². The fourth-order valence-electron chi connectivity index (χ4n) is 1.46. The van der Waals surface area contributed by atoms with Gasteiger partial charge in [0.25, 0.3) is 0 Å². The van der Waals surface area contributed by atoms with Gasteiger partial charge in [-0.2, -0.15) is 0 Å². The number of rotatable bonds is 3. The minimum absolute atomic E-state index is 0.396. The average molecular weight is 194 g/mol. The zero-order chi connectivity index (χ0) is 10.8. The van der Waals surface area contributed by atoms with Crippen LogP contribution in [0, 0.1) is 6.92 Å². The predicted octanol–water partition coefficient (Wildman–Crippen LogP) is 1.33. The molecule has 0 heterocycles. The molecule has 1 rings (SSSR count). The predicted molar refractivity (Wildman–Crippen MR) is 53.3 cm³/mol. The van der Waals surface area contributed by atoms with Crippen LogP contribution in [0.3, 0.4) is 0 Å². The monoisotopic (exact) mass is 194 g/mol. The highest BCUT2D eigenvalue weighted by atomic mass is 16.4. The maximum Gasteiger partial charge on any atom is 0.316 e. The first-order valence-corrected chi connectivity index (χ1v) is 4.42. The normalized spacial score (nSPS) is 14.8. The van der Waals surface area contributed by atoms with Crippen molar-refractivity contribution >= 4 is 5.97 Å².